The van der Waals surface area contributed by atoms with Crippen LogP contribution in [0.15, 0.2) is 24.3 Å². The molecule has 1 aromatic heterocycles. The van der Waals surface area contributed by atoms with E-state index in [2.05, 4.69) is 22.5 Å². The Bertz CT molecular complexity index is 521. The molecule has 1 heterocycles. The Morgan fingerprint density at radius 3 is 2.84 bits per heavy atom. The molecule has 2 N–H and O–H groups in total. The van der Waals surface area contributed by atoms with Crippen LogP contribution in [0.25, 0.3) is 11.0 Å². The fraction of sp³-hybridized carbons (Fsp3) is 0.533. The number of hydrogen-bond acceptors (Lipinski definition) is 3. The predicted molar refractivity (Wildman–Crippen MR) is 78.1 cm³/mol. The van der Waals surface area contributed by atoms with Crippen molar-refractivity contribution in [2.24, 2.45) is 12.8 Å². The zero-order chi connectivity index (χ0) is 13.7. The summed E-state index contributed by atoms with van der Waals surface area (Å²) in [4.78, 5) is 4.64. The molecule has 0 bridgehead atoms. The Labute approximate surface area is 114 Å². The molecule has 2 rings (SSSR count). The van der Waals surface area contributed by atoms with Gasteiger partial charge in [-0.3, -0.25) is 0 Å². The lowest BCUT2D eigenvalue weighted by Gasteiger charge is -2.11. The monoisotopic (exact) mass is 261 g/mol. The van der Waals surface area contributed by atoms with Crippen LogP contribution in [-0.4, -0.2) is 28.8 Å². The van der Waals surface area contributed by atoms with Crippen molar-refractivity contribution in [1.82, 2.24) is 9.55 Å². The van der Waals surface area contributed by atoms with Crippen molar-refractivity contribution < 1.29 is 4.74 Å². The van der Waals surface area contributed by atoms with Crippen molar-refractivity contribution in [2.45, 2.75) is 32.2 Å². The van der Waals surface area contributed by atoms with Crippen LogP contribution in [0.4, 0.5) is 0 Å². The molecule has 0 aliphatic heterocycles. The van der Waals surface area contributed by atoms with Gasteiger partial charge in [-0.15, -0.1) is 0 Å². The molecule has 4 nitrogen and oxygen atoms in total. The van der Waals surface area contributed by atoms with Crippen molar-refractivity contribution in [2.75, 3.05) is 13.2 Å². The highest BCUT2D eigenvalue weighted by atomic mass is 16.5. The summed E-state index contributed by atoms with van der Waals surface area (Å²) < 4.78 is 7.60. The second kappa shape index (κ2) is 6.68. The molecule has 104 valence electrons. The van der Waals surface area contributed by atoms with Crippen LogP contribution in [0.1, 0.15) is 25.6 Å². The van der Waals surface area contributed by atoms with Gasteiger partial charge in [0.15, 0.2) is 0 Å². The number of hydrogen-bond donors (Lipinski definition) is 1. The molecule has 1 aromatic carbocycles. The van der Waals surface area contributed by atoms with Gasteiger partial charge in [-0.25, -0.2) is 4.98 Å². The Kier molecular flexibility index (Phi) is 4.93. The zero-order valence-electron chi connectivity index (χ0n) is 11.8. The first-order valence-corrected chi connectivity index (χ1v) is 6.96. The van der Waals surface area contributed by atoms with E-state index in [1.165, 1.54) is 0 Å². The van der Waals surface area contributed by atoms with Gasteiger partial charge in [0.25, 0.3) is 0 Å². The van der Waals surface area contributed by atoms with Crippen molar-refractivity contribution in [3.63, 3.8) is 0 Å². The largest absolute Gasteiger partial charge is 0.381 e. The van der Waals surface area contributed by atoms with Gasteiger partial charge in [0.2, 0.25) is 0 Å². The van der Waals surface area contributed by atoms with E-state index in [1.54, 1.807) is 0 Å². The van der Waals surface area contributed by atoms with Crippen LogP contribution in [0.3, 0.4) is 0 Å². The van der Waals surface area contributed by atoms with Crippen molar-refractivity contribution in [3.8, 4) is 0 Å². The number of imidazole rings is 1. The average Bonchev–Trinajstić information content (AvgIpc) is 2.72. The third-order valence-corrected chi connectivity index (χ3v) is 3.31. The van der Waals surface area contributed by atoms with E-state index < -0.39 is 0 Å². The first-order valence-electron chi connectivity index (χ1n) is 6.96. The minimum atomic E-state index is 0.104. The summed E-state index contributed by atoms with van der Waals surface area (Å²) in [7, 11) is 2.05. The van der Waals surface area contributed by atoms with E-state index in [4.69, 9.17) is 10.5 Å². The smallest absolute Gasteiger partial charge is 0.111 e. The van der Waals surface area contributed by atoms with E-state index in [-0.39, 0.29) is 6.04 Å². The molecule has 4 heteroatoms. The number of fused-ring (bicyclic) bond motifs is 1. The van der Waals surface area contributed by atoms with Gasteiger partial charge >= 0.3 is 0 Å². The van der Waals surface area contributed by atoms with Crippen LogP contribution in [0.5, 0.6) is 0 Å². The zero-order valence-corrected chi connectivity index (χ0v) is 11.8. The maximum atomic E-state index is 6.15. The summed E-state index contributed by atoms with van der Waals surface area (Å²) in [6, 6.07) is 8.27. The average molecular weight is 261 g/mol. The first kappa shape index (κ1) is 14.0. The first-order chi connectivity index (χ1) is 9.22. The Morgan fingerprint density at radius 2 is 2.11 bits per heavy atom. The molecule has 0 saturated carbocycles. The third-order valence-electron chi connectivity index (χ3n) is 3.31. The van der Waals surface area contributed by atoms with Crippen LogP contribution >= 0.6 is 0 Å². The van der Waals surface area contributed by atoms with Crippen LogP contribution < -0.4 is 5.73 Å². The Hall–Kier alpha value is -1.39. The number of nitrogens with zero attached hydrogens (tertiary/aromatic N) is 2. The quantitative estimate of drug-likeness (QED) is 0.778. The molecule has 0 radical (unpaired) electrons. The number of para-hydroxylation sites is 2. The fourth-order valence-electron chi connectivity index (χ4n) is 2.20. The molecular weight excluding hydrogens is 238 g/mol. The second-order valence-corrected chi connectivity index (χ2v) is 4.94. The molecule has 0 amide bonds. The minimum Gasteiger partial charge on any atom is -0.381 e. The molecule has 0 aliphatic rings. The topological polar surface area (TPSA) is 53.1 Å². The van der Waals surface area contributed by atoms with Gasteiger partial charge in [0, 0.05) is 32.7 Å². The summed E-state index contributed by atoms with van der Waals surface area (Å²) in [5.41, 5.74) is 8.34. The molecule has 1 atom stereocenters. The standard InChI is InChI=1S/C15H23N3O/c1-3-9-19-10-8-12(16)11-15-17-13-6-4-5-7-14(13)18(15)2/h4-7,12H,3,8-11,16H2,1-2H3. The van der Waals surface area contributed by atoms with E-state index in [9.17, 15) is 0 Å². The number of aromatic nitrogens is 2. The number of ether oxygens (including phenoxy) is 1. The normalized spacial score (nSPS) is 13.0. The highest BCUT2D eigenvalue weighted by Crippen LogP contribution is 2.15. The summed E-state index contributed by atoms with van der Waals surface area (Å²) in [5, 5.41) is 0. The predicted octanol–water partition coefficient (Wildman–Crippen LogP) is 2.26. The van der Waals surface area contributed by atoms with Crippen molar-refractivity contribution >= 4 is 11.0 Å². The van der Waals surface area contributed by atoms with Gasteiger partial charge in [-0.05, 0) is 25.0 Å². The number of aryl methyl sites for hydroxylation is 1. The maximum absolute atomic E-state index is 6.15. The SMILES string of the molecule is CCCOCCC(N)Cc1nc2ccccc2n1C. The summed E-state index contributed by atoms with van der Waals surface area (Å²) in [6.45, 7) is 3.66. The molecule has 0 saturated heterocycles. The van der Waals surface area contributed by atoms with Crippen molar-refractivity contribution in [3.05, 3.63) is 30.1 Å². The lowest BCUT2D eigenvalue weighted by atomic mass is 10.1. The fourth-order valence-corrected chi connectivity index (χ4v) is 2.20. The molecule has 0 spiro atoms. The van der Waals surface area contributed by atoms with Crippen LogP contribution in [0, 0.1) is 0 Å². The lowest BCUT2D eigenvalue weighted by molar-refractivity contribution is 0.127. The van der Waals surface area contributed by atoms with Crippen LogP contribution in [0.2, 0.25) is 0 Å². The number of nitrogens with two attached hydrogens (primary N) is 1. The highest BCUT2D eigenvalue weighted by molar-refractivity contribution is 5.75. The maximum Gasteiger partial charge on any atom is 0.111 e. The van der Waals surface area contributed by atoms with Gasteiger partial charge in [0.1, 0.15) is 5.82 Å². The third kappa shape index (κ3) is 3.55. The Morgan fingerprint density at radius 1 is 1.32 bits per heavy atom. The van der Waals surface area contributed by atoms with Gasteiger partial charge in [0.05, 0.1) is 11.0 Å². The summed E-state index contributed by atoms with van der Waals surface area (Å²) >= 11 is 0. The van der Waals surface area contributed by atoms with Gasteiger partial charge < -0.3 is 15.0 Å². The van der Waals surface area contributed by atoms with Crippen LogP contribution in [-0.2, 0) is 18.2 Å². The Balaban J connectivity index is 1.95. The molecule has 0 aliphatic carbocycles. The highest BCUT2D eigenvalue weighted by Gasteiger charge is 2.11. The molecule has 19 heavy (non-hydrogen) atoms. The van der Waals surface area contributed by atoms with E-state index in [0.29, 0.717) is 0 Å². The van der Waals surface area contributed by atoms with E-state index >= 15 is 0 Å². The van der Waals surface area contributed by atoms with Gasteiger partial charge in [-0.2, -0.15) is 0 Å². The van der Waals surface area contributed by atoms with E-state index in [1.807, 2.05) is 25.2 Å². The van der Waals surface area contributed by atoms with Gasteiger partial charge in [-0.1, -0.05) is 19.1 Å². The molecule has 2 aromatic rings. The summed E-state index contributed by atoms with van der Waals surface area (Å²) in [6.07, 6.45) is 2.73. The summed E-state index contributed by atoms with van der Waals surface area (Å²) in [5.74, 6) is 1.05. The lowest BCUT2D eigenvalue weighted by Crippen LogP contribution is -2.26. The van der Waals surface area contributed by atoms with E-state index in [0.717, 1.165) is 49.3 Å². The van der Waals surface area contributed by atoms with Crippen molar-refractivity contribution in [1.29, 1.82) is 0 Å². The number of rotatable bonds is 7. The molecule has 1 unspecified atom stereocenters. The second-order valence-electron chi connectivity index (χ2n) is 4.94. The molecular formula is C15H23N3O. The minimum absolute atomic E-state index is 0.104. The number of benzene rings is 1. The molecule has 0 fully saturated rings.